The first-order valence-electron chi connectivity index (χ1n) is 4.49. The third-order valence-electron chi connectivity index (χ3n) is 1.57. The van der Waals surface area contributed by atoms with Crippen molar-refractivity contribution in [1.29, 1.82) is 0 Å². The highest BCUT2D eigenvalue weighted by molar-refractivity contribution is 5.26. The highest BCUT2D eigenvalue weighted by Gasteiger charge is 1.89. The quantitative estimate of drug-likeness (QED) is 0.655. The summed E-state index contributed by atoms with van der Waals surface area (Å²) in [6.45, 7) is 6.14. The van der Waals surface area contributed by atoms with Gasteiger partial charge in [-0.05, 0) is 24.1 Å². The van der Waals surface area contributed by atoms with Gasteiger partial charge in [0.05, 0.1) is 7.11 Å². The Morgan fingerprint density at radius 2 is 1.58 bits per heavy atom. The van der Waals surface area contributed by atoms with Crippen molar-refractivity contribution in [2.24, 2.45) is 0 Å². The van der Waals surface area contributed by atoms with Crippen LogP contribution in [-0.4, -0.2) is 7.11 Å². The SMILES string of the molecule is CC.CCc1ccc(OC)cc1. The Kier molecular flexibility index (Phi) is 6.16. The van der Waals surface area contributed by atoms with Crippen molar-refractivity contribution in [3.63, 3.8) is 0 Å². The van der Waals surface area contributed by atoms with Crippen LogP contribution >= 0.6 is 0 Å². The number of hydrogen-bond donors (Lipinski definition) is 0. The van der Waals surface area contributed by atoms with E-state index >= 15 is 0 Å². The van der Waals surface area contributed by atoms with Gasteiger partial charge in [0, 0.05) is 0 Å². The lowest BCUT2D eigenvalue weighted by atomic mass is 10.2. The second-order valence-electron chi connectivity index (χ2n) is 2.20. The molecule has 68 valence electrons. The minimum Gasteiger partial charge on any atom is -0.497 e. The molecule has 0 unspecified atom stereocenters. The Bertz CT molecular complexity index is 166. The first-order valence-corrected chi connectivity index (χ1v) is 4.49. The van der Waals surface area contributed by atoms with Gasteiger partial charge in [0.25, 0.3) is 0 Å². The van der Waals surface area contributed by atoms with E-state index in [4.69, 9.17) is 4.74 Å². The average molecular weight is 166 g/mol. The van der Waals surface area contributed by atoms with E-state index in [1.54, 1.807) is 7.11 Å². The molecule has 0 aliphatic carbocycles. The molecule has 0 N–H and O–H groups in total. The Morgan fingerprint density at radius 3 is 1.92 bits per heavy atom. The Hall–Kier alpha value is -0.980. The number of methoxy groups -OCH3 is 1. The zero-order valence-electron chi connectivity index (χ0n) is 8.42. The van der Waals surface area contributed by atoms with Crippen molar-refractivity contribution in [3.05, 3.63) is 29.8 Å². The largest absolute Gasteiger partial charge is 0.497 e. The summed E-state index contributed by atoms with van der Waals surface area (Å²) in [6.07, 6.45) is 1.09. The van der Waals surface area contributed by atoms with E-state index in [0.717, 1.165) is 12.2 Å². The van der Waals surface area contributed by atoms with Crippen LogP contribution in [0.2, 0.25) is 0 Å². The summed E-state index contributed by atoms with van der Waals surface area (Å²) in [5.74, 6) is 0.928. The van der Waals surface area contributed by atoms with Crippen molar-refractivity contribution >= 4 is 0 Å². The fraction of sp³-hybridized carbons (Fsp3) is 0.455. The fourth-order valence-corrected chi connectivity index (χ4v) is 0.861. The summed E-state index contributed by atoms with van der Waals surface area (Å²) < 4.78 is 5.01. The predicted molar refractivity (Wildman–Crippen MR) is 53.7 cm³/mol. The number of aryl methyl sites for hydroxylation is 1. The molecular formula is C11H18O. The standard InChI is InChI=1S/C9H12O.C2H6/c1-3-8-4-6-9(10-2)7-5-8;1-2/h4-7H,3H2,1-2H3;1-2H3. The number of ether oxygens (including phenoxy) is 1. The molecule has 0 amide bonds. The maximum absolute atomic E-state index is 5.01. The Morgan fingerprint density at radius 1 is 1.08 bits per heavy atom. The second kappa shape index (κ2) is 6.71. The van der Waals surface area contributed by atoms with Crippen molar-refractivity contribution in [2.45, 2.75) is 27.2 Å². The number of hydrogen-bond acceptors (Lipinski definition) is 1. The molecule has 0 aliphatic rings. The van der Waals surface area contributed by atoms with Crippen molar-refractivity contribution in [1.82, 2.24) is 0 Å². The van der Waals surface area contributed by atoms with E-state index in [1.165, 1.54) is 5.56 Å². The molecule has 1 aromatic carbocycles. The van der Waals surface area contributed by atoms with Gasteiger partial charge in [-0.1, -0.05) is 32.9 Å². The first kappa shape index (κ1) is 11.0. The molecule has 0 spiro atoms. The monoisotopic (exact) mass is 166 g/mol. The smallest absolute Gasteiger partial charge is 0.118 e. The summed E-state index contributed by atoms with van der Waals surface area (Å²) in [5, 5.41) is 0. The van der Waals surface area contributed by atoms with Gasteiger partial charge in [-0.3, -0.25) is 0 Å². The lowest BCUT2D eigenvalue weighted by molar-refractivity contribution is 0.414. The topological polar surface area (TPSA) is 9.23 Å². The van der Waals surface area contributed by atoms with E-state index in [1.807, 2.05) is 26.0 Å². The van der Waals surface area contributed by atoms with E-state index in [0.29, 0.717) is 0 Å². The molecule has 0 fully saturated rings. The summed E-state index contributed by atoms with van der Waals surface area (Å²) in [7, 11) is 1.68. The minimum absolute atomic E-state index is 0.928. The average Bonchev–Trinajstić information content (AvgIpc) is 2.21. The molecule has 0 saturated heterocycles. The van der Waals surface area contributed by atoms with Gasteiger partial charge in [-0.25, -0.2) is 0 Å². The summed E-state index contributed by atoms with van der Waals surface area (Å²) in [4.78, 5) is 0. The minimum atomic E-state index is 0.928. The van der Waals surface area contributed by atoms with Crippen molar-refractivity contribution in [3.8, 4) is 5.75 Å². The Labute approximate surface area is 75.4 Å². The normalized spacial score (nSPS) is 8.33. The summed E-state index contributed by atoms with van der Waals surface area (Å²) in [5.41, 5.74) is 1.35. The molecule has 1 nitrogen and oxygen atoms in total. The van der Waals surface area contributed by atoms with Gasteiger partial charge in [0.2, 0.25) is 0 Å². The molecule has 1 aromatic rings. The van der Waals surface area contributed by atoms with Crippen LogP contribution in [0, 0.1) is 0 Å². The van der Waals surface area contributed by atoms with Crippen LogP contribution in [0.15, 0.2) is 24.3 Å². The van der Waals surface area contributed by atoms with Crippen LogP contribution in [0.5, 0.6) is 5.75 Å². The zero-order chi connectivity index (χ0) is 9.40. The van der Waals surface area contributed by atoms with Gasteiger partial charge in [-0.15, -0.1) is 0 Å². The van der Waals surface area contributed by atoms with Gasteiger partial charge in [0.15, 0.2) is 0 Å². The van der Waals surface area contributed by atoms with Crippen molar-refractivity contribution in [2.75, 3.05) is 7.11 Å². The zero-order valence-corrected chi connectivity index (χ0v) is 8.42. The molecule has 12 heavy (non-hydrogen) atoms. The Balaban J connectivity index is 0.000000561. The molecule has 1 rings (SSSR count). The van der Waals surface area contributed by atoms with Gasteiger partial charge in [-0.2, -0.15) is 0 Å². The lowest BCUT2D eigenvalue weighted by Crippen LogP contribution is -1.83. The third kappa shape index (κ3) is 3.42. The molecular weight excluding hydrogens is 148 g/mol. The molecule has 0 atom stereocenters. The highest BCUT2D eigenvalue weighted by atomic mass is 16.5. The van der Waals surface area contributed by atoms with Crippen LogP contribution in [0.1, 0.15) is 26.3 Å². The van der Waals surface area contributed by atoms with Gasteiger partial charge >= 0.3 is 0 Å². The molecule has 0 bridgehead atoms. The van der Waals surface area contributed by atoms with Gasteiger partial charge in [0.1, 0.15) is 5.75 Å². The van der Waals surface area contributed by atoms with E-state index < -0.39 is 0 Å². The van der Waals surface area contributed by atoms with Crippen LogP contribution in [0.4, 0.5) is 0 Å². The molecule has 0 aromatic heterocycles. The summed E-state index contributed by atoms with van der Waals surface area (Å²) >= 11 is 0. The predicted octanol–water partition coefficient (Wildman–Crippen LogP) is 3.28. The highest BCUT2D eigenvalue weighted by Crippen LogP contribution is 2.10. The lowest BCUT2D eigenvalue weighted by Gasteiger charge is -1.99. The van der Waals surface area contributed by atoms with Crippen LogP contribution in [0.3, 0.4) is 0 Å². The maximum Gasteiger partial charge on any atom is 0.118 e. The van der Waals surface area contributed by atoms with Crippen molar-refractivity contribution < 1.29 is 4.74 Å². The molecule has 1 heteroatoms. The maximum atomic E-state index is 5.01. The fourth-order valence-electron chi connectivity index (χ4n) is 0.861. The van der Waals surface area contributed by atoms with Crippen LogP contribution < -0.4 is 4.74 Å². The molecule has 0 radical (unpaired) electrons. The van der Waals surface area contributed by atoms with E-state index in [-0.39, 0.29) is 0 Å². The number of rotatable bonds is 2. The van der Waals surface area contributed by atoms with E-state index in [2.05, 4.69) is 19.1 Å². The third-order valence-corrected chi connectivity index (χ3v) is 1.57. The van der Waals surface area contributed by atoms with Gasteiger partial charge < -0.3 is 4.74 Å². The second-order valence-corrected chi connectivity index (χ2v) is 2.20. The van der Waals surface area contributed by atoms with Crippen LogP contribution in [0.25, 0.3) is 0 Å². The number of benzene rings is 1. The summed E-state index contributed by atoms with van der Waals surface area (Å²) in [6, 6.07) is 8.13. The van der Waals surface area contributed by atoms with E-state index in [9.17, 15) is 0 Å². The molecule has 0 saturated carbocycles. The molecule has 0 heterocycles. The first-order chi connectivity index (χ1) is 5.86. The van der Waals surface area contributed by atoms with Crippen LogP contribution in [-0.2, 0) is 6.42 Å². The molecule has 0 aliphatic heterocycles.